The first-order valence-electron chi connectivity index (χ1n) is 15.7. The van der Waals surface area contributed by atoms with E-state index in [1.54, 1.807) is 23.5 Å². The fourth-order valence-electron chi connectivity index (χ4n) is 6.71. The number of ether oxygens (including phenoxy) is 1. The first-order valence-corrected chi connectivity index (χ1v) is 18.3. The number of hydrogen-bond donors (Lipinski definition) is 1. The lowest BCUT2D eigenvalue weighted by Crippen LogP contribution is -2.12. The minimum atomic E-state index is -0.962. The fraction of sp³-hybridized carbons (Fsp3) is 0.306. The molecule has 0 aliphatic carbocycles. The van der Waals surface area contributed by atoms with Crippen molar-refractivity contribution in [2.45, 2.75) is 62.4 Å². The van der Waals surface area contributed by atoms with Crippen LogP contribution in [0.1, 0.15) is 52.2 Å². The maximum Gasteiger partial charge on any atom is 0.352 e. The minimum absolute atomic E-state index is 0.272. The van der Waals surface area contributed by atoms with Crippen molar-refractivity contribution in [3.63, 3.8) is 0 Å². The molecule has 6 aromatic rings. The third kappa shape index (κ3) is 5.81. The molecule has 1 N–H and O–H groups in total. The number of hydrogen-bond acceptors (Lipinski definition) is 6. The summed E-state index contributed by atoms with van der Waals surface area (Å²) in [6, 6.07) is 18.6. The van der Waals surface area contributed by atoms with Gasteiger partial charge in [-0.1, -0.05) is 35.9 Å². The van der Waals surface area contributed by atoms with E-state index in [2.05, 4.69) is 41.9 Å². The minimum Gasteiger partial charge on any atom is -0.493 e. The van der Waals surface area contributed by atoms with Crippen LogP contribution in [0.3, 0.4) is 0 Å². The average Bonchev–Trinajstić information content (AvgIpc) is 3.68. The number of benzene rings is 3. The Morgan fingerprint density at radius 2 is 1.87 bits per heavy atom. The largest absolute Gasteiger partial charge is 0.493 e. The monoisotopic (exact) mass is 685 g/mol. The normalized spacial score (nSPS) is 14.2. The van der Waals surface area contributed by atoms with Crippen molar-refractivity contribution in [1.29, 1.82) is 0 Å². The molecule has 8 nitrogen and oxygen atoms in total. The Labute approximate surface area is 287 Å². The van der Waals surface area contributed by atoms with Crippen molar-refractivity contribution in [3.05, 3.63) is 93.7 Å². The van der Waals surface area contributed by atoms with Crippen LogP contribution in [0.25, 0.3) is 32.8 Å². The van der Waals surface area contributed by atoms with E-state index < -0.39 is 5.97 Å². The predicted molar refractivity (Wildman–Crippen MR) is 192 cm³/mol. The van der Waals surface area contributed by atoms with E-state index in [-0.39, 0.29) is 5.69 Å². The van der Waals surface area contributed by atoms with Crippen LogP contribution in [0, 0.1) is 13.8 Å². The van der Waals surface area contributed by atoms with E-state index in [0.717, 1.165) is 78.6 Å². The summed E-state index contributed by atoms with van der Waals surface area (Å²) in [6.07, 6.45) is 0.624. The molecule has 0 fully saturated rings. The number of carbonyl (C=O) groups is 1. The molecule has 1 aliphatic rings. The quantitative estimate of drug-likeness (QED) is 0.195. The van der Waals surface area contributed by atoms with E-state index in [0.29, 0.717) is 35.9 Å². The molecule has 0 spiro atoms. The second-order valence-electron chi connectivity index (χ2n) is 11.8. The second-order valence-corrected chi connectivity index (χ2v) is 14.3. The number of carboxylic acids is 1. The Hall–Kier alpha value is -3.86. The van der Waals surface area contributed by atoms with Crippen LogP contribution in [-0.2, 0) is 37.4 Å². The van der Waals surface area contributed by atoms with Crippen LogP contribution < -0.4 is 4.74 Å². The lowest BCUT2D eigenvalue weighted by molar-refractivity contribution is 0.0684. The summed E-state index contributed by atoms with van der Waals surface area (Å²) in [6.45, 7) is 7.77. The van der Waals surface area contributed by atoms with Gasteiger partial charge < -0.3 is 14.4 Å². The van der Waals surface area contributed by atoms with Crippen molar-refractivity contribution in [2.24, 2.45) is 7.05 Å². The lowest BCUT2D eigenvalue weighted by Gasteiger charge is -2.14. The molecular formula is C36H36ClN5O3S2. The number of aromatic carboxylic acids is 1. The fourth-order valence-corrected chi connectivity index (χ4v) is 8.76. The Morgan fingerprint density at radius 3 is 2.68 bits per heavy atom. The topological polar surface area (TPSA) is 87.1 Å². The summed E-state index contributed by atoms with van der Waals surface area (Å²) >= 11 is 10.5. The molecule has 0 atom stereocenters. The summed E-state index contributed by atoms with van der Waals surface area (Å²) in [5.74, 6) is 2.07. The molecule has 242 valence electrons. The summed E-state index contributed by atoms with van der Waals surface area (Å²) < 4.78 is 12.3. The van der Waals surface area contributed by atoms with Crippen LogP contribution in [0.4, 0.5) is 0 Å². The molecule has 7 rings (SSSR count). The Balaban J connectivity index is 1.36. The summed E-state index contributed by atoms with van der Waals surface area (Å²) in [7, 11) is 1.94. The van der Waals surface area contributed by atoms with Crippen molar-refractivity contribution in [2.75, 3.05) is 6.61 Å². The smallest absolute Gasteiger partial charge is 0.352 e. The lowest BCUT2D eigenvalue weighted by atomic mass is 9.97. The van der Waals surface area contributed by atoms with Gasteiger partial charge in [0.2, 0.25) is 0 Å². The number of fused-ring (bicyclic) bond motifs is 8. The highest BCUT2D eigenvalue weighted by Gasteiger charge is 2.27. The molecule has 8 bridgehead atoms. The molecule has 3 aromatic heterocycles. The maximum atomic E-state index is 12.7. The number of carboxylic acid groups (broad SMARTS) is 1. The van der Waals surface area contributed by atoms with Crippen LogP contribution in [-0.4, -0.2) is 41.8 Å². The molecule has 0 amide bonds. The van der Waals surface area contributed by atoms with Crippen molar-refractivity contribution in [1.82, 2.24) is 24.1 Å². The SMILES string of the molecule is CCn1nc2cc1CSc1cc(c3ccccc3c1)OCCCn1c(C(=O)O)c(C)c3c(c(Cl)ccc31)-c1c(nn(C)c1C)CSC2. The first-order chi connectivity index (χ1) is 22.7. The zero-order chi connectivity index (χ0) is 32.8. The van der Waals surface area contributed by atoms with Gasteiger partial charge in [0.15, 0.2) is 0 Å². The Kier molecular flexibility index (Phi) is 8.76. The van der Waals surface area contributed by atoms with Crippen LogP contribution in [0.5, 0.6) is 5.75 Å². The molecule has 11 heteroatoms. The number of aryl methyl sites for hydroxylation is 4. The van der Waals surface area contributed by atoms with Crippen LogP contribution in [0.15, 0.2) is 59.5 Å². The van der Waals surface area contributed by atoms with Gasteiger partial charge in [0.1, 0.15) is 11.4 Å². The van der Waals surface area contributed by atoms with E-state index in [1.807, 2.05) is 54.4 Å². The molecular weight excluding hydrogens is 650 g/mol. The second kappa shape index (κ2) is 13.0. The zero-order valence-corrected chi connectivity index (χ0v) is 29.2. The van der Waals surface area contributed by atoms with Crippen molar-refractivity contribution >= 4 is 62.8 Å². The standard InChI is InChI=1S/C36H36ClN5O3S2/c1-5-42-25-16-24(38-42)18-46-20-29-33(22(3)40(4)39-29)34-28(37)11-12-30-32(34)21(2)35(36(43)44)41(30)13-8-14-45-31-17-26(47-19-25)15-23-9-6-7-10-27(23)31/h6-7,9-12,15-17H,5,8,13-14,18-20H2,1-4H3,(H,43,44). The molecule has 1 aliphatic heterocycles. The number of thioether (sulfide) groups is 2. The van der Waals surface area contributed by atoms with Gasteiger partial charge in [-0.3, -0.25) is 9.36 Å². The summed E-state index contributed by atoms with van der Waals surface area (Å²) in [5.41, 5.74) is 7.74. The number of rotatable bonds is 2. The van der Waals surface area contributed by atoms with E-state index in [9.17, 15) is 9.90 Å². The molecule has 3 aromatic carbocycles. The van der Waals surface area contributed by atoms with E-state index in [1.165, 1.54) is 5.69 Å². The number of aromatic nitrogens is 5. The van der Waals surface area contributed by atoms with Crippen molar-refractivity contribution < 1.29 is 14.6 Å². The van der Waals surface area contributed by atoms with Crippen molar-refractivity contribution in [3.8, 4) is 16.9 Å². The number of nitrogens with zero attached hydrogens (tertiary/aromatic N) is 5. The molecule has 0 unspecified atom stereocenters. The Bertz CT molecular complexity index is 2170. The van der Waals surface area contributed by atoms with Crippen LogP contribution >= 0.6 is 35.1 Å². The molecule has 0 radical (unpaired) electrons. The highest BCUT2D eigenvalue weighted by Crippen LogP contribution is 2.43. The average molecular weight is 686 g/mol. The van der Waals surface area contributed by atoms with Gasteiger partial charge in [0.25, 0.3) is 0 Å². The summed E-state index contributed by atoms with van der Waals surface area (Å²) in [4.78, 5) is 13.9. The van der Waals surface area contributed by atoms with Gasteiger partial charge in [-0.15, -0.1) is 23.5 Å². The van der Waals surface area contributed by atoms with E-state index in [4.69, 9.17) is 26.5 Å². The first kappa shape index (κ1) is 31.7. The van der Waals surface area contributed by atoms with Gasteiger partial charge in [-0.2, -0.15) is 10.2 Å². The molecule has 4 heterocycles. The van der Waals surface area contributed by atoms with Gasteiger partial charge in [0.05, 0.1) is 18.0 Å². The molecule has 0 saturated carbocycles. The highest BCUT2D eigenvalue weighted by atomic mass is 35.5. The maximum absolute atomic E-state index is 12.7. The van der Waals surface area contributed by atoms with Crippen LogP contribution in [0.2, 0.25) is 5.02 Å². The van der Waals surface area contributed by atoms with Gasteiger partial charge >= 0.3 is 5.97 Å². The highest BCUT2D eigenvalue weighted by molar-refractivity contribution is 7.98. The van der Waals surface area contributed by atoms with Gasteiger partial charge in [0, 0.05) is 86.1 Å². The zero-order valence-electron chi connectivity index (χ0n) is 26.8. The Morgan fingerprint density at radius 1 is 1.04 bits per heavy atom. The molecule has 0 saturated heterocycles. The third-order valence-electron chi connectivity index (χ3n) is 8.95. The predicted octanol–water partition coefficient (Wildman–Crippen LogP) is 8.89. The third-order valence-corrected chi connectivity index (χ3v) is 11.3. The summed E-state index contributed by atoms with van der Waals surface area (Å²) in [5, 5.41) is 23.9. The van der Waals surface area contributed by atoms with E-state index >= 15 is 0 Å². The number of halogens is 1. The van der Waals surface area contributed by atoms with Gasteiger partial charge in [-0.05, 0) is 68.5 Å². The van der Waals surface area contributed by atoms with Gasteiger partial charge in [-0.25, -0.2) is 4.79 Å². The molecule has 47 heavy (non-hydrogen) atoms.